The van der Waals surface area contributed by atoms with Crippen LogP contribution >= 0.6 is 0 Å². The summed E-state index contributed by atoms with van der Waals surface area (Å²) in [6, 6.07) is 8.67. The fourth-order valence-electron chi connectivity index (χ4n) is 4.71. The first-order valence-corrected chi connectivity index (χ1v) is 12.1. The Labute approximate surface area is 197 Å². The van der Waals surface area contributed by atoms with Crippen molar-refractivity contribution in [2.24, 2.45) is 5.92 Å². The standard InChI is InChI=1S/C24H28AsN7/c1-16-5-4-6-18-11-19(13-32-15-28-21-22(25)26-14-27-24(21)32)23(29-20(16)18)31(3)12-17-7-9-30(2)10-8-17/h4-6,11,14-15,17H,7-10,12-13H2,1-3H3. The van der Waals surface area contributed by atoms with Gasteiger partial charge in [-0.2, -0.15) is 0 Å². The Hall–Kier alpha value is -2.50. The van der Waals surface area contributed by atoms with E-state index in [-0.39, 0.29) is 0 Å². The number of hydrogen-bond acceptors (Lipinski definition) is 6. The summed E-state index contributed by atoms with van der Waals surface area (Å²) < 4.78 is 2.94. The van der Waals surface area contributed by atoms with E-state index in [0.717, 1.165) is 33.5 Å². The van der Waals surface area contributed by atoms with Gasteiger partial charge in [0.25, 0.3) is 0 Å². The van der Waals surface area contributed by atoms with Gasteiger partial charge in [-0.1, -0.05) is 0 Å². The molecule has 0 amide bonds. The van der Waals surface area contributed by atoms with Gasteiger partial charge in [0, 0.05) is 0 Å². The van der Waals surface area contributed by atoms with Crippen LogP contribution < -0.4 is 9.38 Å². The first-order chi connectivity index (χ1) is 15.5. The molecular formula is C24H28AsN7. The number of imidazole rings is 1. The van der Waals surface area contributed by atoms with E-state index in [1.807, 2.05) is 6.33 Å². The van der Waals surface area contributed by atoms with Crippen molar-refractivity contribution < 1.29 is 0 Å². The molecule has 1 fully saturated rings. The molecule has 4 heterocycles. The van der Waals surface area contributed by atoms with Gasteiger partial charge in [0.2, 0.25) is 0 Å². The molecule has 164 valence electrons. The topological polar surface area (TPSA) is 63.0 Å². The fraction of sp³-hybridized carbons (Fsp3) is 0.417. The van der Waals surface area contributed by atoms with Gasteiger partial charge in [-0.05, 0) is 7.05 Å². The molecule has 32 heavy (non-hydrogen) atoms. The van der Waals surface area contributed by atoms with E-state index < -0.39 is 0 Å². The Morgan fingerprint density at radius 1 is 1.12 bits per heavy atom. The fourth-order valence-corrected chi connectivity index (χ4v) is 5.15. The maximum atomic E-state index is 5.18. The van der Waals surface area contributed by atoms with Crippen LogP contribution in [0.1, 0.15) is 24.0 Å². The van der Waals surface area contributed by atoms with Crippen LogP contribution in [0.5, 0.6) is 0 Å². The molecular weight excluding hydrogens is 461 g/mol. The van der Waals surface area contributed by atoms with Gasteiger partial charge in [-0.15, -0.1) is 0 Å². The predicted molar refractivity (Wildman–Crippen MR) is 130 cm³/mol. The van der Waals surface area contributed by atoms with Gasteiger partial charge in [0.05, 0.1) is 0 Å². The number of hydrogen-bond donors (Lipinski definition) is 0. The summed E-state index contributed by atoms with van der Waals surface area (Å²) in [5.41, 5.74) is 5.15. The van der Waals surface area contributed by atoms with Gasteiger partial charge in [0.15, 0.2) is 0 Å². The number of likely N-dealkylation sites (tertiary alicyclic amines) is 1. The molecule has 0 bridgehead atoms. The zero-order valence-corrected chi connectivity index (χ0v) is 20.7. The molecule has 1 saturated heterocycles. The summed E-state index contributed by atoms with van der Waals surface area (Å²) in [6.07, 6.45) is 5.94. The van der Waals surface area contributed by atoms with Crippen molar-refractivity contribution in [2.75, 3.05) is 38.6 Å². The number of pyridine rings is 1. The van der Waals surface area contributed by atoms with Gasteiger partial charge >= 0.3 is 186 Å². The summed E-state index contributed by atoms with van der Waals surface area (Å²) in [7, 11) is 4.40. The molecule has 5 rings (SSSR count). The minimum atomic E-state index is 0.671. The summed E-state index contributed by atoms with van der Waals surface area (Å²) in [6.45, 7) is 6.18. The zero-order valence-electron chi connectivity index (χ0n) is 18.9. The summed E-state index contributed by atoms with van der Waals surface area (Å²) >= 11 is 2.48. The van der Waals surface area contributed by atoms with Crippen LogP contribution in [-0.4, -0.2) is 80.0 Å². The summed E-state index contributed by atoms with van der Waals surface area (Å²) in [5, 5.41) is 1.17. The van der Waals surface area contributed by atoms with E-state index in [2.05, 4.69) is 91.5 Å². The first-order valence-electron chi connectivity index (χ1n) is 11.1. The maximum absolute atomic E-state index is 5.18. The first kappa shape index (κ1) is 21.3. The van der Waals surface area contributed by atoms with E-state index in [9.17, 15) is 0 Å². The average molecular weight is 489 g/mol. The summed E-state index contributed by atoms with van der Waals surface area (Å²) in [5.74, 6) is 1.75. The average Bonchev–Trinajstić information content (AvgIpc) is 3.19. The number of anilines is 1. The second kappa shape index (κ2) is 8.80. The number of piperidine rings is 1. The van der Waals surface area contributed by atoms with E-state index in [1.54, 1.807) is 6.33 Å². The van der Waals surface area contributed by atoms with Gasteiger partial charge in [-0.25, -0.2) is 0 Å². The molecule has 0 spiro atoms. The van der Waals surface area contributed by atoms with Gasteiger partial charge in [-0.3, -0.25) is 0 Å². The molecule has 0 unspecified atom stereocenters. The third-order valence-electron chi connectivity index (χ3n) is 6.56. The molecule has 0 atom stereocenters. The van der Waals surface area contributed by atoms with E-state index in [1.165, 1.54) is 42.4 Å². The normalized spacial score (nSPS) is 15.6. The number of rotatable bonds is 5. The Morgan fingerprint density at radius 3 is 2.75 bits per heavy atom. The molecule has 1 aromatic carbocycles. The number of benzene rings is 1. The molecule has 1 aliphatic rings. The van der Waals surface area contributed by atoms with Crippen LogP contribution in [0.3, 0.4) is 0 Å². The van der Waals surface area contributed by atoms with Gasteiger partial charge in [0.1, 0.15) is 0 Å². The number of aromatic nitrogens is 5. The van der Waals surface area contributed by atoms with E-state index in [4.69, 9.17) is 4.98 Å². The molecule has 1 aliphatic heterocycles. The molecule has 2 radical (unpaired) electrons. The van der Waals surface area contributed by atoms with Crippen molar-refractivity contribution in [1.82, 2.24) is 29.4 Å². The minimum absolute atomic E-state index is 0.671. The third-order valence-corrected chi connectivity index (χ3v) is 7.24. The van der Waals surface area contributed by atoms with Crippen LogP contribution in [0, 0.1) is 12.8 Å². The molecule has 7 nitrogen and oxygen atoms in total. The van der Waals surface area contributed by atoms with Crippen LogP contribution in [-0.2, 0) is 6.54 Å². The van der Waals surface area contributed by atoms with Crippen molar-refractivity contribution in [3.63, 3.8) is 0 Å². The second-order valence-corrected chi connectivity index (χ2v) is 9.88. The predicted octanol–water partition coefficient (Wildman–Crippen LogP) is 2.30. The number of aryl methyl sites for hydroxylation is 1. The zero-order chi connectivity index (χ0) is 22.2. The van der Waals surface area contributed by atoms with Crippen LogP contribution in [0.15, 0.2) is 36.9 Å². The number of para-hydroxylation sites is 1. The SMILES string of the molecule is Cc1cccc2cc(Cn3cnc4c([As])ncnc43)c(N(C)CC3CCN(C)CC3)nc12. The Kier molecular flexibility index (Phi) is 5.87. The van der Waals surface area contributed by atoms with Crippen molar-refractivity contribution in [3.05, 3.63) is 48.0 Å². The van der Waals surface area contributed by atoms with Crippen molar-refractivity contribution in [2.45, 2.75) is 26.3 Å². The van der Waals surface area contributed by atoms with Crippen molar-refractivity contribution >= 4 is 49.2 Å². The van der Waals surface area contributed by atoms with E-state index >= 15 is 0 Å². The van der Waals surface area contributed by atoms with Crippen molar-refractivity contribution in [1.29, 1.82) is 0 Å². The van der Waals surface area contributed by atoms with E-state index in [0.29, 0.717) is 12.5 Å². The Morgan fingerprint density at radius 2 is 1.94 bits per heavy atom. The quantitative estimate of drug-likeness (QED) is 0.401. The molecule has 4 aromatic rings. The molecule has 3 aromatic heterocycles. The Balaban J connectivity index is 1.53. The van der Waals surface area contributed by atoms with Crippen LogP contribution in [0.4, 0.5) is 5.82 Å². The molecule has 0 saturated carbocycles. The second-order valence-electron chi connectivity index (χ2n) is 8.99. The third kappa shape index (κ3) is 4.12. The summed E-state index contributed by atoms with van der Waals surface area (Å²) in [4.78, 5) is 23.3. The molecule has 0 aliphatic carbocycles. The van der Waals surface area contributed by atoms with Crippen molar-refractivity contribution in [3.8, 4) is 0 Å². The Bertz CT molecular complexity index is 1260. The molecule has 0 N–H and O–H groups in total. The number of nitrogens with zero attached hydrogens (tertiary/aromatic N) is 7. The number of fused-ring (bicyclic) bond motifs is 2. The van der Waals surface area contributed by atoms with Crippen LogP contribution in [0.2, 0.25) is 0 Å². The van der Waals surface area contributed by atoms with Crippen LogP contribution in [0.25, 0.3) is 22.1 Å². The van der Waals surface area contributed by atoms with Gasteiger partial charge < -0.3 is 4.90 Å². The monoisotopic (exact) mass is 489 g/mol. The molecule has 8 heteroatoms.